The Morgan fingerprint density at radius 1 is 1.10 bits per heavy atom. The Bertz CT molecular complexity index is 830. The zero-order valence-corrected chi connectivity index (χ0v) is 11.3. The third-order valence-electron chi connectivity index (χ3n) is 3.29. The van der Waals surface area contributed by atoms with Gasteiger partial charge in [-0.25, -0.2) is 9.18 Å². The fourth-order valence-electron chi connectivity index (χ4n) is 2.26. The highest BCUT2D eigenvalue weighted by Crippen LogP contribution is 2.25. The van der Waals surface area contributed by atoms with Gasteiger partial charge >= 0.3 is 5.97 Å². The molecule has 3 aromatic rings. The van der Waals surface area contributed by atoms with Crippen LogP contribution in [0.15, 0.2) is 54.7 Å². The number of nitrogens with zero attached hydrogens (tertiary/aromatic N) is 1. The maximum atomic E-state index is 13.3. The fourth-order valence-corrected chi connectivity index (χ4v) is 2.26. The molecule has 0 unspecified atom stereocenters. The van der Waals surface area contributed by atoms with Crippen LogP contribution in [0.4, 0.5) is 4.39 Å². The van der Waals surface area contributed by atoms with Crippen LogP contribution in [0.1, 0.15) is 10.4 Å². The van der Waals surface area contributed by atoms with Crippen molar-refractivity contribution in [3.63, 3.8) is 0 Å². The van der Waals surface area contributed by atoms with E-state index in [0.717, 1.165) is 5.56 Å². The van der Waals surface area contributed by atoms with Gasteiger partial charge in [-0.3, -0.25) is 4.98 Å². The number of carbonyl (C=O) groups excluding carboxylic acids is 1. The van der Waals surface area contributed by atoms with Crippen molar-refractivity contribution in [3.8, 4) is 11.1 Å². The summed E-state index contributed by atoms with van der Waals surface area (Å²) in [7, 11) is 1.34. The number of hydrogen-bond donors (Lipinski definition) is 0. The molecule has 0 fully saturated rings. The molecule has 2 aromatic carbocycles. The molecule has 0 amide bonds. The van der Waals surface area contributed by atoms with Crippen LogP contribution >= 0.6 is 0 Å². The van der Waals surface area contributed by atoms with E-state index < -0.39 is 5.97 Å². The normalized spacial score (nSPS) is 10.6. The molecule has 4 heteroatoms. The van der Waals surface area contributed by atoms with Gasteiger partial charge in [0.05, 0.1) is 18.2 Å². The molecular weight excluding hydrogens is 269 g/mol. The predicted molar refractivity (Wildman–Crippen MR) is 78.5 cm³/mol. The van der Waals surface area contributed by atoms with Gasteiger partial charge < -0.3 is 4.74 Å². The molecule has 3 rings (SSSR count). The van der Waals surface area contributed by atoms with Crippen LogP contribution in [0.25, 0.3) is 22.0 Å². The number of ether oxygens (including phenoxy) is 1. The molecular formula is C17H12FNO2. The van der Waals surface area contributed by atoms with Crippen molar-refractivity contribution in [2.45, 2.75) is 0 Å². The van der Waals surface area contributed by atoms with Gasteiger partial charge in [0.25, 0.3) is 0 Å². The lowest BCUT2D eigenvalue weighted by molar-refractivity contribution is 0.0603. The van der Waals surface area contributed by atoms with E-state index in [4.69, 9.17) is 4.74 Å². The van der Waals surface area contributed by atoms with Gasteiger partial charge in [-0.2, -0.15) is 0 Å². The molecule has 0 aliphatic heterocycles. The Kier molecular flexibility index (Phi) is 3.36. The fraction of sp³-hybridized carbons (Fsp3) is 0.0588. The molecule has 0 N–H and O–H groups in total. The summed E-state index contributed by atoms with van der Waals surface area (Å²) in [4.78, 5) is 16.2. The van der Waals surface area contributed by atoms with Gasteiger partial charge in [0.2, 0.25) is 0 Å². The minimum atomic E-state index is -0.418. The summed E-state index contributed by atoms with van der Waals surface area (Å²) < 4.78 is 18.1. The zero-order valence-electron chi connectivity index (χ0n) is 11.3. The average molecular weight is 281 g/mol. The second-order valence-electron chi connectivity index (χ2n) is 4.60. The van der Waals surface area contributed by atoms with Gasteiger partial charge in [-0.15, -0.1) is 0 Å². The van der Waals surface area contributed by atoms with Gasteiger partial charge in [0.1, 0.15) is 5.82 Å². The Balaban J connectivity index is 2.21. The summed E-state index contributed by atoms with van der Waals surface area (Å²) in [6.07, 6.45) is 1.66. The molecule has 1 heterocycles. The molecule has 0 saturated carbocycles. The number of methoxy groups -OCH3 is 1. The highest BCUT2D eigenvalue weighted by atomic mass is 19.1. The Morgan fingerprint density at radius 3 is 2.67 bits per heavy atom. The van der Waals surface area contributed by atoms with Gasteiger partial charge in [-0.05, 0) is 35.9 Å². The third-order valence-corrected chi connectivity index (χ3v) is 3.29. The maximum absolute atomic E-state index is 13.3. The van der Waals surface area contributed by atoms with Crippen LogP contribution in [-0.4, -0.2) is 18.1 Å². The Hall–Kier alpha value is -2.75. The molecule has 0 bridgehead atoms. The molecule has 0 saturated heterocycles. The van der Waals surface area contributed by atoms with Crippen molar-refractivity contribution in [2.24, 2.45) is 0 Å². The SMILES string of the molecule is COC(=O)c1cccc2ncc(-c3cccc(F)c3)cc12. The van der Waals surface area contributed by atoms with Gasteiger partial charge in [0, 0.05) is 17.1 Å². The van der Waals surface area contributed by atoms with Crippen molar-refractivity contribution >= 4 is 16.9 Å². The number of hydrogen-bond acceptors (Lipinski definition) is 3. The summed E-state index contributed by atoms with van der Waals surface area (Å²) >= 11 is 0. The van der Waals surface area contributed by atoms with Crippen LogP contribution in [0.5, 0.6) is 0 Å². The van der Waals surface area contributed by atoms with E-state index in [0.29, 0.717) is 22.0 Å². The van der Waals surface area contributed by atoms with Crippen molar-refractivity contribution in [3.05, 3.63) is 66.1 Å². The van der Waals surface area contributed by atoms with Crippen LogP contribution in [0.3, 0.4) is 0 Å². The van der Waals surface area contributed by atoms with Gasteiger partial charge in [-0.1, -0.05) is 18.2 Å². The molecule has 1 aromatic heterocycles. The van der Waals surface area contributed by atoms with E-state index in [-0.39, 0.29) is 5.82 Å². The van der Waals surface area contributed by atoms with Crippen molar-refractivity contribution in [1.29, 1.82) is 0 Å². The van der Waals surface area contributed by atoms with Crippen molar-refractivity contribution in [1.82, 2.24) is 4.98 Å². The second-order valence-corrected chi connectivity index (χ2v) is 4.60. The first-order valence-corrected chi connectivity index (χ1v) is 6.42. The first-order valence-electron chi connectivity index (χ1n) is 6.42. The monoisotopic (exact) mass is 281 g/mol. The largest absolute Gasteiger partial charge is 0.465 e. The van der Waals surface area contributed by atoms with Crippen LogP contribution in [0.2, 0.25) is 0 Å². The van der Waals surface area contributed by atoms with E-state index in [1.165, 1.54) is 19.2 Å². The topological polar surface area (TPSA) is 39.2 Å². The van der Waals surface area contributed by atoms with E-state index in [1.54, 1.807) is 30.5 Å². The van der Waals surface area contributed by atoms with Crippen LogP contribution < -0.4 is 0 Å². The average Bonchev–Trinajstić information content (AvgIpc) is 2.53. The number of halogens is 1. The quantitative estimate of drug-likeness (QED) is 0.670. The number of aromatic nitrogens is 1. The molecule has 0 radical (unpaired) electrons. The summed E-state index contributed by atoms with van der Waals surface area (Å²) in [5, 5.41) is 0.686. The van der Waals surface area contributed by atoms with E-state index in [1.807, 2.05) is 12.1 Å². The number of benzene rings is 2. The number of esters is 1. The Morgan fingerprint density at radius 2 is 1.90 bits per heavy atom. The highest BCUT2D eigenvalue weighted by Gasteiger charge is 2.11. The maximum Gasteiger partial charge on any atom is 0.338 e. The summed E-state index contributed by atoms with van der Waals surface area (Å²) in [6.45, 7) is 0. The van der Waals surface area contributed by atoms with Crippen LogP contribution in [0, 0.1) is 5.82 Å². The van der Waals surface area contributed by atoms with Crippen molar-refractivity contribution < 1.29 is 13.9 Å². The molecule has 0 atom stereocenters. The lowest BCUT2D eigenvalue weighted by atomic mass is 10.0. The minimum Gasteiger partial charge on any atom is -0.465 e. The Labute approximate surface area is 121 Å². The van der Waals surface area contributed by atoms with E-state index >= 15 is 0 Å². The van der Waals surface area contributed by atoms with Crippen molar-refractivity contribution in [2.75, 3.05) is 7.11 Å². The van der Waals surface area contributed by atoms with E-state index in [9.17, 15) is 9.18 Å². The lowest BCUT2D eigenvalue weighted by Crippen LogP contribution is -2.02. The smallest absolute Gasteiger partial charge is 0.338 e. The minimum absolute atomic E-state index is 0.311. The molecule has 104 valence electrons. The number of pyridine rings is 1. The molecule has 0 spiro atoms. The predicted octanol–water partition coefficient (Wildman–Crippen LogP) is 3.83. The first-order chi connectivity index (χ1) is 10.2. The summed E-state index contributed by atoms with van der Waals surface area (Å²) in [5.74, 6) is -0.729. The standard InChI is InChI=1S/C17H12FNO2/c1-21-17(20)14-6-3-7-16-15(14)9-12(10-19-16)11-4-2-5-13(18)8-11/h2-10H,1H3. The third kappa shape index (κ3) is 2.48. The molecule has 3 nitrogen and oxygen atoms in total. The highest BCUT2D eigenvalue weighted by molar-refractivity contribution is 6.04. The van der Waals surface area contributed by atoms with Gasteiger partial charge in [0.15, 0.2) is 0 Å². The first kappa shape index (κ1) is 13.2. The summed E-state index contributed by atoms with van der Waals surface area (Å²) in [5.41, 5.74) is 2.60. The zero-order chi connectivity index (χ0) is 14.8. The van der Waals surface area contributed by atoms with Crippen LogP contribution in [-0.2, 0) is 4.74 Å². The lowest BCUT2D eigenvalue weighted by Gasteiger charge is -2.07. The molecule has 21 heavy (non-hydrogen) atoms. The number of rotatable bonds is 2. The summed E-state index contributed by atoms with van der Waals surface area (Å²) in [6, 6.07) is 13.3. The number of fused-ring (bicyclic) bond motifs is 1. The molecule has 0 aliphatic carbocycles. The number of carbonyl (C=O) groups is 1. The molecule has 0 aliphatic rings. The van der Waals surface area contributed by atoms with E-state index in [2.05, 4.69) is 4.98 Å². The second kappa shape index (κ2) is 5.32.